The molecular formula is C25H24N2O2S. The lowest BCUT2D eigenvalue weighted by Gasteiger charge is -2.36. The molecule has 152 valence electrons. The molecule has 0 saturated heterocycles. The molecule has 30 heavy (non-hydrogen) atoms. The summed E-state index contributed by atoms with van der Waals surface area (Å²) in [5.41, 5.74) is 4.37. The first kappa shape index (κ1) is 20.3. The van der Waals surface area contributed by atoms with Gasteiger partial charge in [-0.2, -0.15) is 5.26 Å². The summed E-state index contributed by atoms with van der Waals surface area (Å²) < 4.78 is 5.27. The van der Waals surface area contributed by atoms with Crippen molar-refractivity contribution >= 4 is 39.9 Å². The van der Waals surface area contributed by atoms with E-state index in [4.69, 9.17) is 15.0 Å². The number of fused-ring (bicyclic) bond motifs is 2. The summed E-state index contributed by atoms with van der Waals surface area (Å²) in [6.45, 7) is 6.47. The lowest BCUT2D eigenvalue weighted by atomic mass is 9.69. The number of para-hydroxylation sites is 1. The molecule has 0 spiro atoms. The number of esters is 1. The zero-order valence-corrected chi connectivity index (χ0v) is 18.3. The van der Waals surface area contributed by atoms with E-state index in [1.807, 2.05) is 36.4 Å². The fraction of sp³-hybridized carbons (Fsp3) is 0.320. The first-order valence-corrected chi connectivity index (χ1v) is 11.0. The Bertz CT molecular complexity index is 1160. The maximum atomic E-state index is 13.1. The van der Waals surface area contributed by atoms with E-state index in [2.05, 4.69) is 38.3 Å². The van der Waals surface area contributed by atoms with E-state index in [0.717, 1.165) is 40.6 Å². The number of ether oxygens (including phenoxy) is 1. The van der Waals surface area contributed by atoms with E-state index in [9.17, 15) is 4.79 Å². The van der Waals surface area contributed by atoms with Crippen molar-refractivity contribution in [1.29, 1.82) is 5.26 Å². The fourth-order valence-corrected chi connectivity index (χ4v) is 4.77. The Balaban J connectivity index is 1.98. The van der Waals surface area contributed by atoms with Crippen molar-refractivity contribution in [3.8, 4) is 6.07 Å². The predicted octanol–water partition coefficient (Wildman–Crippen LogP) is 6.13. The van der Waals surface area contributed by atoms with Crippen LogP contribution in [0.1, 0.15) is 53.7 Å². The fourth-order valence-electron chi connectivity index (χ4n) is 4.08. The third kappa shape index (κ3) is 3.88. The van der Waals surface area contributed by atoms with Gasteiger partial charge in [-0.25, -0.2) is 9.78 Å². The van der Waals surface area contributed by atoms with Gasteiger partial charge in [0.25, 0.3) is 0 Å². The van der Waals surface area contributed by atoms with Crippen molar-refractivity contribution in [3.63, 3.8) is 0 Å². The van der Waals surface area contributed by atoms with Crippen molar-refractivity contribution in [1.82, 2.24) is 4.98 Å². The van der Waals surface area contributed by atoms with E-state index in [-0.39, 0.29) is 12.0 Å². The molecule has 1 aliphatic rings. The summed E-state index contributed by atoms with van der Waals surface area (Å²) in [4.78, 5) is 19.2. The van der Waals surface area contributed by atoms with E-state index in [1.54, 1.807) is 11.3 Å². The zero-order chi connectivity index (χ0) is 21.3. The van der Waals surface area contributed by atoms with Gasteiger partial charge in [0.15, 0.2) is 6.61 Å². The molecule has 1 aromatic carbocycles. The van der Waals surface area contributed by atoms with Crippen LogP contribution in [0.4, 0.5) is 0 Å². The van der Waals surface area contributed by atoms with Crippen LogP contribution < -0.4 is 0 Å². The molecule has 4 nitrogen and oxygen atoms in total. The van der Waals surface area contributed by atoms with Crippen LogP contribution in [0, 0.1) is 22.7 Å². The van der Waals surface area contributed by atoms with Gasteiger partial charge >= 0.3 is 5.97 Å². The first-order valence-electron chi connectivity index (χ1n) is 10.1. The summed E-state index contributed by atoms with van der Waals surface area (Å²) in [7, 11) is 0. The average Bonchev–Trinajstić information content (AvgIpc) is 3.22. The summed E-state index contributed by atoms with van der Waals surface area (Å²) in [6, 6.07) is 13.7. The number of nitrogens with zero attached hydrogens (tertiary/aromatic N) is 2. The van der Waals surface area contributed by atoms with Crippen LogP contribution >= 0.6 is 11.3 Å². The molecule has 5 heteroatoms. The molecule has 0 saturated carbocycles. The molecule has 1 atom stereocenters. The monoisotopic (exact) mass is 416 g/mol. The van der Waals surface area contributed by atoms with Gasteiger partial charge < -0.3 is 4.74 Å². The van der Waals surface area contributed by atoms with Crippen LogP contribution in [0.15, 0.2) is 41.8 Å². The van der Waals surface area contributed by atoms with Crippen LogP contribution in [0.3, 0.4) is 0 Å². The molecule has 0 radical (unpaired) electrons. The SMILES string of the molecule is CC(C)(C)[C@@H]1C/C(=C/c2cccs2)c2nc3ccccc3c(C(=O)OCC#N)c2C1. The van der Waals surface area contributed by atoms with E-state index >= 15 is 0 Å². The number of hydrogen-bond donors (Lipinski definition) is 0. The Kier molecular flexibility index (Phi) is 5.44. The van der Waals surface area contributed by atoms with E-state index in [0.29, 0.717) is 11.5 Å². The van der Waals surface area contributed by atoms with Gasteiger partial charge in [0, 0.05) is 10.3 Å². The van der Waals surface area contributed by atoms with Crippen molar-refractivity contribution in [2.24, 2.45) is 11.3 Å². The smallest absolute Gasteiger partial charge is 0.340 e. The highest BCUT2D eigenvalue weighted by atomic mass is 32.1. The molecule has 3 aromatic rings. The van der Waals surface area contributed by atoms with Gasteiger partial charge in [-0.05, 0) is 58.9 Å². The molecular weight excluding hydrogens is 392 g/mol. The second-order valence-electron chi connectivity index (χ2n) is 8.72. The number of benzene rings is 1. The number of carbonyl (C=O) groups excluding carboxylic acids is 1. The van der Waals surface area contributed by atoms with Crippen molar-refractivity contribution in [3.05, 3.63) is 63.5 Å². The topological polar surface area (TPSA) is 63.0 Å². The maximum absolute atomic E-state index is 13.1. The Morgan fingerprint density at radius 3 is 2.77 bits per heavy atom. The number of rotatable bonds is 3. The maximum Gasteiger partial charge on any atom is 0.340 e. The number of aromatic nitrogens is 1. The minimum Gasteiger partial charge on any atom is -0.447 e. The Morgan fingerprint density at radius 2 is 2.07 bits per heavy atom. The number of carbonyl (C=O) groups is 1. The normalized spacial score (nSPS) is 17.5. The lowest BCUT2D eigenvalue weighted by molar-refractivity contribution is 0.0555. The average molecular weight is 417 g/mol. The molecule has 0 N–H and O–H groups in total. The summed E-state index contributed by atoms with van der Waals surface area (Å²) in [5, 5.41) is 11.7. The highest BCUT2D eigenvalue weighted by molar-refractivity contribution is 7.10. The molecule has 0 aliphatic heterocycles. The van der Waals surface area contributed by atoms with Crippen LogP contribution in [-0.4, -0.2) is 17.6 Å². The van der Waals surface area contributed by atoms with Gasteiger partial charge in [0.05, 0.1) is 16.8 Å². The van der Waals surface area contributed by atoms with E-state index < -0.39 is 5.97 Å². The molecule has 1 aliphatic carbocycles. The molecule has 2 aromatic heterocycles. The number of allylic oxidation sites excluding steroid dienone is 1. The minimum absolute atomic E-state index is 0.0751. The third-order valence-electron chi connectivity index (χ3n) is 5.77. The number of thiophene rings is 1. The molecule has 0 fully saturated rings. The van der Waals surface area contributed by atoms with Gasteiger partial charge in [-0.3, -0.25) is 0 Å². The lowest BCUT2D eigenvalue weighted by Crippen LogP contribution is -2.28. The highest BCUT2D eigenvalue weighted by Gasteiger charge is 2.35. The Morgan fingerprint density at radius 1 is 1.27 bits per heavy atom. The first-order chi connectivity index (χ1) is 14.4. The molecule has 0 unspecified atom stereocenters. The van der Waals surface area contributed by atoms with Gasteiger partial charge in [-0.1, -0.05) is 45.0 Å². The summed E-state index contributed by atoms with van der Waals surface area (Å²) in [6.07, 6.45) is 3.87. The van der Waals surface area contributed by atoms with Gasteiger partial charge in [0.1, 0.15) is 6.07 Å². The second-order valence-corrected chi connectivity index (χ2v) is 9.70. The number of hydrogen-bond acceptors (Lipinski definition) is 5. The Labute approximate surface area is 180 Å². The molecule has 0 amide bonds. The largest absolute Gasteiger partial charge is 0.447 e. The van der Waals surface area contributed by atoms with Crippen LogP contribution in [0.25, 0.3) is 22.6 Å². The standard InChI is InChI=1S/C25H24N2O2S/c1-25(2,3)17-13-16(14-18-7-6-12-30-18)23-20(15-17)22(24(28)29-11-10-26)19-8-4-5-9-21(19)27-23/h4-9,12,14,17H,11,13,15H2,1-3H3/b16-14-/t17-/m1/s1. The zero-order valence-electron chi connectivity index (χ0n) is 17.4. The quantitative estimate of drug-likeness (QED) is 0.482. The van der Waals surface area contributed by atoms with E-state index in [1.165, 1.54) is 4.88 Å². The third-order valence-corrected chi connectivity index (χ3v) is 6.59. The summed E-state index contributed by atoms with van der Waals surface area (Å²) in [5.74, 6) is -0.0851. The predicted molar refractivity (Wildman–Crippen MR) is 121 cm³/mol. The number of nitriles is 1. The second kappa shape index (κ2) is 8.04. The van der Waals surface area contributed by atoms with Crippen molar-refractivity contribution in [2.75, 3.05) is 6.61 Å². The van der Waals surface area contributed by atoms with Crippen LogP contribution in [0.2, 0.25) is 0 Å². The molecule has 0 bridgehead atoms. The van der Waals surface area contributed by atoms with Gasteiger partial charge in [0.2, 0.25) is 0 Å². The van der Waals surface area contributed by atoms with Gasteiger partial charge in [-0.15, -0.1) is 11.3 Å². The number of pyridine rings is 1. The van der Waals surface area contributed by atoms with Crippen molar-refractivity contribution in [2.45, 2.75) is 33.6 Å². The summed E-state index contributed by atoms with van der Waals surface area (Å²) >= 11 is 1.69. The van der Waals surface area contributed by atoms with Crippen LogP contribution in [0.5, 0.6) is 0 Å². The molecule has 4 rings (SSSR count). The Hall–Kier alpha value is -2.97. The minimum atomic E-state index is -0.448. The highest BCUT2D eigenvalue weighted by Crippen LogP contribution is 2.45. The van der Waals surface area contributed by atoms with Crippen molar-refractivity contribution < 1.29 is 9.53 Å². The van der Waals surface area contributed by atoms with Crippen LogP contribution in [-0.2, 0) is 11.2 Å². The molecule has 2 heterocycles.